The first-order chi connectivity index (χ1) is 9.65. The molecule has 0 fully saturated rings. The molecule has 0 aromatic heterocycles. The van der Waals surface area contributed by atoms with Gasteiger partial charge in [0.2, 0.25) is 0 Å². The van der Waals surface area contributed by atoms with Gasteiger partial charge in [-0.25, -0.2) is 4.39 Å². The van der Waals surface area contributed by atoms with E-state index in [2.05, 4.69) is 0 Å². The minimum absolute atomic E-state index is 0.129. The van der Waals surface area contributed by atoms with E-state index in [9.17, 15) is 9.18 Å². The molecule has 2 aromatic carbocycles. The molecular formula is C16H15FO3. The van der Waals surface area contributed by atoms with Gasteiger partial charge in [-0.1, -0.05) is 18.2 Å². The number of benzene rings is 2. The van der Waals surface area contributed by atoms with E-state index in [1.165, 1.54) is 25.3 Å². The lowest BCUT2D eigenvalue weighted by Crippen LogP contribution is -2.07. The first-order valence-corrected chi connectivity index (χ1v) is 6.14. The smallest absolute Gasteiger partial charge is 0.171 e. The number of carbonyl (C=O) groups is 1. The normalized spacial score (nSPS) is 10.2. The van der Waals surface area contributed by atoms with Crippen LogP contribution in [-0.4, -0.2) is 20.0 Å². The first kappa shape index (κ1) is 14.1. The van der Waals surface area contributed by atoms with E-state index in [4.69, 9.17) is 9.47 Å². The zero-order valence-corrected chi connectivity index (χ0v) is 11.4. The lowest BCUT2D eigenvalue weighted by molar-refractivity contribution is 0.0988. The molecule has 0 saturated heterocycles. The van der Waals surface area contributed by atoms with Gasteiger partial charge in [0.25, 0.3) is 0 Å². The van der Waals surface area contributed by atoms with Crippen molar-refractivity contribution in [2.75, 3.05) is 14.2 Å². The molecule has 0 radical (unpaired) electrons. The standard InChI is InChI=1S/C16H15FO3/c1-19-15-6-4-3-5-11(15)9-14(18)13-10-12(17)7-8-16(13)20-2/h3-8,10H,9H2,1-2H3. The highest BCUT2D eigenvalue weighted by atomic mass is 19.1. The summed E-state index contributed by atoms with van der Waals surface area (Å²) in [4.78, 5) is 12.3. The Morgan fingerprint density at radius 1 is 1.05 bits per heavy atom. The van der Waals surface area contributed by atoms with Crippen LogP contribution >= 0.6 is 0 Å². The number of hydrogen-bond donors (Lipinski definition) is 0. The van der Waals surface area contributed by atoms with Crippen LogP contribution in [0.5, 0.6) is 11.5 Å². The van der Waals surface area contributed by atoms with Gasteiger partial charge in [0.05, 0.1) is 19.8 Å². The Labute approximate surface area is 117 Å². The van der Waals surface area contributed by atoms with Crippen LogP contribution < -0.4 is 9.47 Å². The molecule has 0 aliphatic carbocycles. The molecule has 0 N–H and O–H groups in total. The zero-order chi connectivity index (χ0) is 14.5. The quantitative estimate of drug-likeness (QED) is 0.785. The van der Waals surface area contributed by atoms with Crippen LogP contribution in [0.3, 0.4) is 0 Å². The maximum atomic E-state index is 13.3. The van der Waals surface area contributed by atoms with Crippen molar-refractivity contribution in [1.29, 1.82) is 0 Å². The van der Waals surface area contributed by atoms with Crippen molar-refractivity contribution in [3.63, 3.8) is 0 Å². The van der Waals surface area contributed by atoms with Crippen molar-refractivity contribution in [1.82, 2.24) is 0 Å². The van der Waals surface area contributed by atoms with Gasteiger partial charge in [-0.15, -0.1) is 0 Å². The van der Waals surface area contributed by atoms with Gasteiger partial charge in [0.1, 0.15) is 17.3 Å². The van der Waals surface area contributed by atoms with Crippen molar-refractivity contribution in [3.05, 3.63) is 59.4 Å². The lowest BCUT2D eigenvalue weighted by Gasteiger charge is -2.10. The number of carbonyl (C=O) groups excluding carboxylic acids is 1. The molecule has 0 aliphatic rings. The van der Waals surface area contributed by atoms with Crippen molar-refractivity contribution in [3.8, 4) is 11.5 Å². The molecule has 0 unspecified atom stereocenters. The van der Waals surface area contributed by atoms with Gasteiger partial charge in [0, 0.05) is 12.0 Å². The lowest BCUT2D eigenvalue weighted by atomic mass is 10.0. The molecule has 0 saturated carbocycles. The van der Waals surface area contributed by atoms with Crippen LogP contribution in [0, 0.1) is 5.82 Å². The summed E-state index contributed by atoms with van der Waals surface area (Å²) < 4.78 is 23.6. The molecule has 0 aliphatic heterocycles. The highest BCUT2D eigenvalue weighted by Crippen LogP contribution is 2.24. The van der Waals surface area contributed by atoms with E-state index < -0.39 is 5.82 Å². The molecule has 104 valence electrons. The summed E-state index contributed by atoms with van der Waals surface area (Å²) >= 11 is 0. The van der Waals surface area contributed by atoms with Crippen molar-refractivity contribution in [2.24, 2.45) is 0 Å². The number of halogens is 1. The number of para-hydroxylation sites is 1. The Kier molecular flexibility index (Phi) is 4.35. The van der Waals surface area contributed by atoms with E-state index in [0.717, 1.165) is 5.56 Å². The Balaban J connectivity index is 2.30. The molecular weight excluding hydrogens is 259 g/mol. The molecule has 3 nitrogen and oxygen atoms in total. The SMILES string of the molecule is COc1ccccc1CC(=O)c1cc(F)ccc1OC. The van der Waals surface area contributed by atoms with E-state index in [1.54, 1.807) is 13.2 Å². The molecule has 20 heavy (non-hydrogen) atoms. The molecule has 0 bridgehead atoms. The third-order valence-corrected chi connectivity index (χ3v) is 3.01. The largest absolute Gasteiger partial charge is 0.496 e. The van der Waals surface area contributed by atoms with Gasteiger partial charge in [-0.05, 0) is 24.3 Å². The Bertz CT molecular complexity index is 623. The Hall–Kier alpha value is -2.36. The monoisotopic (exact) mass is 274 g/mol. The maximum absolute atomic E-state index is 13.3. The van der Waals surface area contributed by atoms with Crippen molar-refractivity contribution in [2.45, 2.75) is 6.42 Å². The topological polar surface area (TPSA) is 35.5 Å². The van der Waals surface area contributed by atoms with Gasteiger partial charge in [-0.3, -0.25) is 4.79 Å². The highest BCUT2D eigenvalue weighted by Gasteiger charge is 2.15. The fourth-order valence-corrected chi connectivity index (χ4v) is 2.02. The molecule has 2 aromatic rings. The van der Waals surface area contributed by atoms with Crippen LogP contribution in [0.15, 0.2) is 42.5 Å². The summed E-state index contributed by atoms with van der Waals surface area (Å²) in [5, 5.41) is 0. The predicted molar refractivity (Wildman–Crippen MR) is 74.0 cm³/mol. The van der Waals surface area contributed by atoms with Crippen LogP contribution in [0.25, 0.3) is 0 Å². The van der Waals surface area contributed by atoms with E-state index in [0.29, 0.717) is 11.5 Å². The van der Waals surface area contributed by atoms with Gasteiger partial charge < -0.3 is 9.47 Å². The van der Waals surface area contributed by atoms with Crippen molar-refractivity contribution >= 4 is 5.78 Å². The summed E-state index contributed by atoms with van der Waals surface area (Å²) in [6, 6.07) is 11.2. The van der Waals surface area contributed by atoms with Crippen LogP contribution in [0.4, 0.5) is 4.39 Å². The van der Waals surface area contributed by atoms with E-state index >= 15 is 0 Å². The molecule has 0 spiro atoms. The van der Waals surface area contributed by atoms with E-state index in [-0.39, 0.29) is 17.8 Å². The average Bonchev–Trinajstić information content (AvgIpc) is 2.47. The Morgan fingerprint density at radius 2 is 1.75 bits per heavy atom. The summed E-state index contributed by atoms with van der Waals surface area (Å²) in [6.07, 6.45) is 0.129. The van der Waals surface area contributed by atoms with Crippen LogP contribution in [-0.2, 0) is 6.42 Å². The number of ether oxygens (including phenoxy) is 2. The maximum Gasteiger partial charge on any atom is 0.171 e. The number of Topliss-reactive ketones (excluding diaryl/α,β-unsaturated/α-hetero) is 1. The highest BCUT2D eigenvalue weighted by molar-refractivity contribution is 6.00. The molecule has 2 rings (SSSR count). The van der Waals surface area contributed by atoms with Crippen LogP contribution in [0.1, 0.15) is 15.9 Å². The minimum atomic E-state index is -0.464. The van der Waals surface area contributed by atoms with Gasteiger partial charge in [0.15, 0.2) is 5.78 Å². The van der Waals surface area contributed by atoms with Crippen molar-refractivity contribution < 1.29 is 18.7 Å². The second-order valence-corrected chi connectivity index (χ2v) is 4.26. The van der Waals surface area contributed by atoms with Gasteiger partial charge >= 0.3 is 0 Å². The fraction of sp³-hybridized carbons (Fsp3) is 0.188. The first-order valence-electron chi connectivity index (χ1n) is 6.14. The molecule has 0 atom stereocenters. The minimum Gasteiger partial charge on any atom is -0.496 e. The summed E-state index contributed by atoms with van der Waals surface area (Å²) in [5.41, 5.74) is 0.990. The number of hydrogen-bond acceptors (Lipinski definition) is 3. The van der Waals surface area contributed by atoms with Crippen LogP contribution in [0.2, 0.25) is 0 Å². The average molecular weight is 274 g/mol. The fourth-order valence-electron chi connectivity index (χ4n) is 2.02. The summed E-state index contributed by atoms with van der Waals surface area (Å²) in [7, 11) is 3.00. The predicted octanol–water partition coefficient (Wildman–Crippen LogP) is 3.27. The number of methoxy groups -OCH3 is 2. The summed E-state index contributed by atoms with van der Waals surface area (Å²) in [6.45, 7) is 0. The van der Waals surface area contributed by atoms with E-state index in [1.807, 2.05) is 18.2 Å². The Morgan fingerprint density at radius 3 is 2.45 bits per heavy atom. The molecule has 4 heteroatoms. The third kappa shape index (κ3) is 2.96. The second kappa shape index (κ2) is 6.19. The zero-order valence-electron chi connectivity index (χ0n) is 11.4. The van der Waals surface area contributed by atoms with Gasteiger partial charge in [-0.2, -0.15) is 0 Å². The third-order valence-electron chi connectivity index (χ3n) is 3.01. The summed E-state index contributed by atoms with van der Waals surface area (Å²) in [5.74, 6) is 0.322. The molecule has 0 heterocycles. The second-order valence-electron chi connectivity index (χ2n) is 4.26. The molecule has 0 amide bonds. The number of rotatable bonds is 5. The number of ketones is 1.